The van der Waals surface area contributed by atoms with Crippen molar-refractivity contribution in [3.8, 4) is 11.5 Å². The van der Waals surface area contributed by atoms with Gasteiger partial charge in [-0.2, -0.15) is 0 Å². The summed E-state index contributed by atoms with van der Waals surface area (Å²) < 4.78 is 30.9. The summed E-state index contributed by atoms with van der Waals surface area (Å²) in [5.74, 6) is -0.607. The van der Waals surface area contributed by atoms with E-state index in [0.717, 1.165) is 12.0 Å². The molecule has 2 aromatic carbocycles. The Morgan fingerprint density at radius 2 is 1.70 bits per heavy atom. The van der Waals surface area contributed by atoms with Crippen molar-refractivity contribution in [3.63, 3.8) is 0 Å². The number of carboxylic acids is 1. The lowest BCUT2D eigenvalue weighted by molar-refractivity contribution is 0.0697. The Kier molecular flexibility index (Phi) is 5.14. The molecule has 1 aromatic heterocycles. The van der Waals surface area contributed by atoms with Crippen LogP contribution in [0.25, 0.3) is 11.5 Å². The highest BCUT2D eigenvalue weighted by Crippen LogP contribution is 2.25. The first-order valence-corrected chi connectivity index (χ1v) is 10.1. The van der Waals surface area contributed by atoms with Crippen molar-refractivity contribution < 1.29 is 22.7 Å². The van der Waals surface area contributed by atoms with Gasteiger partial charge in [0.25, 0.3) is 0 Å². The molecule has 140 valence electrons. The largest absolute Gasteiger partial charge is 0.478 e. The SMILES string of the molecule is CCc1ccc(S(=O)(=O)Cc2nc(-c3ccc(C(=O)O)cc3)oc2C)cc1. The summed E-state index contributed by atoms with van der Waals surface area (Å²) in [6.45, 7) is 3.67. The van der Waals surface area contributed by atoms with E-state index < -0.39 is 15.8 Å². The van der Waals surface area contributed by atoms with Gasteiger partial charge in [-0.05, 0) is 55.3 Å². The van der Waals surface area contributed by atoms with Crippen molar-refractivity contribution in [1.29, 1.82) is 0 Å². The topological polar surface area (TPSA) is 97.5 Å². The number of hydrogen-bond donors (Lipinski definition) is 1. The van der Waals surface area contributed by atoms with Crippen LogP contribution in [0, 0.1) is 6.92 Å². The number of aromatic carboxylic acids is 1. The van der Waals surface area contributed by atoms with Crippen LogP contribution in [0.3, 0.4) is 0 Å². The molecule has 7 heteroatoms. The van der Waals surface area contributed by atoms with Crippen molar-refractivity contribution in [3.05, 3.63) is 71.1 Å². The highest BCUT2D eigenvalue weighted by molar-refractivity contribution is 7.90. The summed E-state index contributed by atoms with van der Waals surface area (Å²) >= 11 is 0. The maximum Gasteiger partial charge on any atom is 0.335 e. The van der Waals surface area contributed by atoms with E-state index in [1.165, 1.54) is 12.1 Å². The maximum absolute atomic E-state index is 12.7. The number of carboxylic acid groups (broad SMARTS) is 1. The fourth-order valence-electron chi connectivity index (χ4n) is 2.64. The molecule has 0 saturated heterocycles. The second kappa shape index (κ2) is 7.36. The van der Waals surface area contributed by atoms with Crippen molar-refractivity contribution in [1.82, 2.24) is 4.98 Å². The quantitative estimate of drug-likeness (QED) is 0.691. The lowest BCUT2D eigenvalue weighted by atomic mass is 10.1. The van der Waals surface area contributed by atoms with Crippen LogP contribution in [0.2, 0.25) is 0 Å². The highest BCUT2D eigenvalue weighted by atomic mass is 32.2. The molecule has 0 atom stereocenters. The second-order valence-corrected chi connectivity index (χ2v) is 8.15. The zero-order chi connectivity index (χ0) is 19.6. The molecular weight excluding hydrogens is 366 g/mol. The first-order valence-electron chi connectivity index (χ1n) is 8.42. The van der Waals surface area contributed by atoms with Crippen molar-refractivity contribution in [2.45, 2.75) is 30.9 Å². The average molecular weight is 385 g/mol. The van der Waals surface area contributed by atoms with Crippen molar-refractivity contribution >= 4 is 15.8 Å². The third kappa shape index (κ3) is 4.09. The van der Waals surface area contributed by atoms with Crippen LogP contribution in [0.15, 0.2) is 57.8 Å². The van der Waals surface area contributed by atoms with Gasteiger partial charge >= 0.3 is 5.97 Å². The Morgan fingerprint density at radius 3 is 2.26 bits per heavy atom. The summed E-state index contributed by atoms with van der Waals surface area (Å²) in [5, 5.41) is 8.96. The molecule has 3 aromatic rings. The zero-order valence-electron chi connectivity index (χ0n) is 15.0. The van der Waals surface area contributed by atoms with Gasteiger partial charge in [0.1, 0.15) is 11.5 Å². The summed E-state index contributed by atoms with van der Waals surface area (Å²) in [6, 6.07) is 12.9. The van der Waals surface area contributed by atoms with Crippen LogP contribution in [-0.2, 0) is 22.0 Å². The van der Waals surface area contributed by atoms with E-state index in [1.54, 1.807) is 43.3 Å². The number of aryl methyl sites for hydroxylation is 2. The molecule has 0 spiro atoms. The minimum Gasteiger partial charge on any atom is -0.478 e. The van der Waals surface area contributed by atoms with Crippen LogP contribution in [0.1, 0.15) is 34.3 Å². The summed E-state index contributed by atoms with van der Waals surface area (Å²) in [4.78, 5) is 15.5. The van der Waals surface area contributed by atoms with Crippen molar-refractivity contribution in [2.75, 3.05) is 0 Å². The first kappa shape index (κ1) is 18.8. The second-order valence-electron chi connectivity index (χ2n) is 6.16. The minimum absolute atomic E-state index is 0.153. The molecule has 0 aliphatic carbocycles. The third-order valence-corrected chi connectivity index (χ3v) is 5.93. The molecule has 1 N–H and O–H groups in total. The van der Waals surface area contributed by atoms with Gasteiger partial charge in [-0.15, -0.1) is 0 Å². The molecule has 0 saturated carbocycles. The van der Waals surface area contributed by atoms with Crippen LogP contribution >= 0.6 is 0 Å². The number of benzene rings is 2. The van der Waals surface area contributed by atoms with E-state index in [-0.39, 0.29) is 22.1 Å². The number of nitrogens with zero attached hydrogens (tertiary/aromatic N) is 1. The molecule has 0 bridgehead atoms. The minimum atomic E-state index is -3.55. The molecule has 27 heavy (non-hydrogen) atoms. The van der Waals surface area contributed by atoms with Gasteiger partial charge in [0.2, 0.25) is 5.89 Å². The number of carbonyl (C=O) groups is 1. The van der Waals surface area contributed by atoms with Crippen LogP contribution < -0.4 is 0 Å². The van der Waals surface area contributed by atoms with Gasteiger partial charge in [-0.3, -0.25) is 0 Å². The molecule has 1 heterocycles. The Balaban J connectivity index is 1.86. The van der Waals surface area contributed by atoms with Crippen molar-refractivity contribution in [2.24, 2.45) is 0 Å². The molecule has 0 unspecified atom stereocenters. The van der Waals surface area contributed by atoms with Gasteiger partial charge in [-0.25, -0.2) is 18.2 Å². The smallest absolute Gasteiger partial charge is 0.335 e. The fourth-order valence-corrected chi connectivity index (χ4v) is 3.98. The molecular formula is C20H19NO5S. The average Bonchev–Trinajstić information content (AvgIpc) is 3.01. The number of rotatable bonds is 6. The third-order valence-electron chi connectivity index (χ3n) is 4.29. The number of oxazole rings is 1. The molecule has 0 aliphatic heterocycles. The fraction of sp³-hybridized carbons (Fsp3) is 0.200. The summed E-state index contributed by atoms with van der Waals surface area (Å²) in [5.41, 5.74) is 2.14. The monoisotopic (exact) mass is 385 g/mol. The number of hydrogen-bond acceptors (Lipinski definition) is 5. The summed E-state index contributed by atoms with van der Waals surface area (Å²) in [6.07, 6.45) is 0.840. The van der Waals surface area contributed by atoms with E-state index in [0.29, 0.717) is 17.0 Å². The van der Waals surface area contributed by atoms with Crippen LogP contribution in [0.5, 0.6) is 0 Å². The van der Waals surface area contributed by atoms with E-state index in [9.17, 15) is 13.2 Å². The van der Waals surface area contributed by atoms with Crippen LogP contribution in [0.4, 0.5) is 0 Å². The molecule has 6 nitrogen and oxygen atoms in total. The lowest BCUT2D eigenvalue weighted by Crippen LogP contribution is -2.06. The Bertz CT molecular complexity index is 1060. The molecule has 0 amide bonds. The van der Waals surface area contributed by atoms with Gasteiger partial charge in [0.05, 0.1) is 16.2 Å². The lowest BCUT2D eigenvalue weighted by Gasteiger charge is -2.04. The molecule has 0 radical (unpaired) electrons. The standard InChI is InChI=1S/C20H19NO5S/c1-3-14-4-10-17(11-5-14)27(24,25)12-18-13(2)26-19(21-18)15-6-8-16(9-7-15)20(22)23/h4-11H,3,12H2,1-2H3,(H,22,23). The Morgan fingerprint density at radius 1 is 1.07 bits per heavy atom. The predicted octanol–water partition coefficient (Wildman–Crippen LogP) is 3.88. The molecule has 0 fully saturated rings. The predicted molar refractivity (Wildman–Crippen MR) is 100 cm³/mol. The van der Waals surface area contributed by atoms with E-state index >= 15 is 0 Å². The van der Waals surface area contributed by atoms with Gasteiger partial charge in [0, 0.05) is 5.56 Å². The Labute approximate surface area is 157 Å². The van der Waals surface area contributed by atoms with Gasteiger partial charge < -0.3 is 9.52 Å². The first-order chi connectivity index (χ1) is 12.8. The van der Waals surface area contributed by atoms with Gasteiger partial charge in [-0.1, -0.05) is 19.1 Å². The zero-order valence-corrected chi connectivity index (χ0v) is 15.8. The maximum atomic E-state index is 12.7. The van der Waals surface area contributed by atoms with E-state index in [4.69, 9.17) is 9.52 Å². The Hall–Kier alpha value is -2.93. The number of aromatic nitrogens is 1. The number of sulfone groups is 1. The summed E-state index contributed by atoms with van der Waals surface area (Å²) in [7, 11) is -3.55. The highest BCUT2D eigenvalue weighted by Gasteiger charge is 2.21. The molecule has 0 aliphatic rings. The molecule has 3 rings (SSSR count). The normalized spacial score (nSPS) is 11.5. The van der Waals surface area contributed by atoms with E-state index in [1.807, 2.05) is 6.92 Å². The van der Waals surface area contributed by atoms with Gasteiger partial charge in [0.15, 0.2) is 9.84 Å². The van der Waals surface area contributed by atoms with E-state index in [2.05, 4.69) is 4.98 Å². The van der Waals surface area contributed by atoms with Crippen LogP contribution in [-0.4, -0.2) is 24.5 Å².